The molecule has 17 heavy (non-hydrogen) atoms. The van der Waals surface area contributed by atoms with Crippen LogP contribution in [-0.4, -0.2) is 35.0 Å². The number of para-hydroxylation sites is 2. The van der Waals surface area contributed by atoms with Gasteiger partial charge in [0.25, 0.3) is 0 Å². The van der Waals surface area contributed by atoms with Crippen LogP contribution in [0.25, 0.3) is 11.0 Å². The molecule has 0 spiro atoms. The van der Waals surface area contributed by atoms with Crippen molar-refractivity contribution >= 4 is 23.9 Å². The number of aryl methyl sites for hydroxylation is 1. The van der Waals surface area contributed by atoms with E-state index >= 15 is 0 Å². The molecular weight excluding hydrogens is 233 g/mol. The number of imidazole rings is 1. The molecule has 92 valence electrons. The fourth-order valence-electron chi connectivity index (χ4n) is 1.87. The van der Waals surface area contributed by atoms with Crippen LogP contribution in [0.4, 0.5) is 0 Å². The van der Waals surface area contributed by atoms with Crippen molar-refractivity contribution in [2.75, 3.05) is 20.8 Å². The first-order valence-corrected chi connectivity index (χ1v) is 7.80. The van der Waals surface area contributed by atoms with Crippen LogP contribution in [0.2, 0.25) is 0 Å². The molecule has 1 aromatic carbocycles. The second kappa shape index (κ2) is 4.28. The van der Waals surface area contributed by atoms with Crippen molar-refractivity contribution in [1.82, 2.24) is 14.2 Å². The van der Waals surface area contributed by atoms with Gasteiger partial charge in [-0.15, -0.1) is 0 Å². The average molecular weight is 251 g/mol. The number of hydrogen-bond donors (Lipinski definition) is 0. The lowest BCUT2D eigenvalue weighted by Crippen LogP contribution is -2.25. The third-order valence-electron chi connectivity index (χ3n) is 3.09. The van der Waals surface area contributed by atoms with Crippen LogP contribution < -0.4 is 5.57 Å². The van der Waals surface area contributed by atoms with E-state index in [1.807, 2.05) is 49.9 Å². The van der Waals surface area contributed by atoms with E-state index in [0.717, 1.165) is 17.6 Å². The van der Waals surface area contributed by atoms with Gasteiger partial charge in [0.2, 0.25) is 7.29 Å². The molecule has 0 aliphatic rings. The first-order chi connectivity index (χ1) is 7.98. The van der Waals surface area contributed by atoms with Crippen molar-refractivity contribution in [3.05, 3.63) is 24.3 Å². The van der Waals surface area contributed by atoms with E-state index in [-0.39, 0.29) is 0 Å². The largest absolute Gasteiger partial charge is 0.321 e. The molecule has 1 heterocycles. The molecule has 4 nitrogen and oxygen atoms in total. The average Bonchev–Trinajstić information content (AvgIpc) is 2.67. The Balaban J connectivity index is 2.74. The maximum Gasteiger partial charge on any atom is 0.209 e. The Kier molecular flexibility index (Phi) is 3.11. The quantitative estimate of drug-likeness (QED) is 0.784. The summed E-state index contributed by atoms with van der Waals surface area (Å²) in [4.78, 5) is 4.53. The summed E-state index contributed by atoms with van der Waals surface area (Å²) >= 11 is 0. The third kappa shape index (κ3) is 1.92. The van der Waals surface area contributed by atoms with Gasteiger partial charge in [0.1, 0.15) is 0 Å². The van der Waals surface area contributed by atoms with E-state index in [1.165, 1.54) is 0 Å². The maximum absolute atomic E-state index is 12.7. The van der Waals surface area contributed by atoms with Gasteiger partial charge in [-0.3, -0.25) is 9.24 Å². The van der Waals surface area contributed by atoms with E-state index in [1.54, 1.807) is 11.3 Å². The van der Waals surface area contributed by atoms with Crippen molar-refractivity contribution in [1.29, 1.82) is 0 Å². The molecule has 1 unspecified atom stereocenters. The smallest absolute Gasteiger partial charge is 0.209 e. The van der Waals surface area contributed by atoms with Gasteiger partial charge in [0.15, 0.2) is 5.57 Å². The lowest BCUT2D eigenvalue weighted by atomic mass is 10.3. The highest BCUT2D eigenvalue weighted by Crippen LogP contribution is 2.42. The summed E-state index contributed by atoms with van der Waals surface area (Å²) in [5, 5.41) is 0. The second-order valence-electron chi connectivity index (χ2n) is 4.37. The predicted octanol–water partition coefficient (Wildman–Crippen LogP) is 2.15. The van der Waals surface area contributed by atoms with Crippen LogP contribution in [0.3, 0.4) is 0 Å². The van der Waals surface area contributed by atoms with Gasteiger partial charge in [0, 0.05) is 13.2 Å². The minimum atomic E-state index is -2.56. The van der Waals surface area contributed by atoms with Gasteiger partial charge in [-0.1, -0.05) is 12.1 Å². The Morgan fingerprint density at radius 3 is 2.59 bits per heavy atom. The minimum absolute atomic E-state index is 0.686. The number of hydrogen-bond acceptors (Lipinski definition) is 2. The summed E-state index contributed by atoms with van der Waals surface area (Å²) in [5.74, 6) is 0. The Bertz CT molecular complexity index is 588. The van der Waals surface area contributed by atoms with Crippen LogP contribution in [0.15, 0.2) is 24.3 Å². The SMILES string of the molecule is CCn1c(P(C)(=O)N(C)C)nc2ccccc21. The van der Waals surface area contributed by atoms with Crippen LogP contribution >= 0.6 is 7.29 Å². The number of aromatic nitrogens is 2. The summed E-state index contributed by atoms with van der Waals surface area (Å²) in [6.45, 7) is 4.59. The molecule has 0 aliphatic carbocycles. The Morgan fingerprint density at radius 1 is 1.35 bits per heavy atom. The topological polar surface area (TPSA) is 38.1 Å². The van der Waals surface area contributed by atoms with Crippen molar-refractivity contribution < 1.29 is 4.57 Å². The zero-order valence-corrected chi connectivity index (χ0v) is 11.6. The van der Waals surface area contributed by atoms with Crippen LogP contribution in [0.5, 0.6) is 0 Å². The van der Waals surface area contributed by atoms with Gasteiger partial charge in [0.05, 0.1) is 11.0 Å². The fraction of sp³-hybridized carbons (Fsp3) is 0.417. The van der Waals surface area contributed by atoms with E-state index in [4.69, 9.17) is 0 Å². The number of rotatable bonds is 3. The van der Waals surface area contributed by atoms with E-state index < -0.39 is 7.29 Å². The Hall–Kier alpha value is -1.12. The number of fused-ring (bicyclic) bond motifs is 1. The molecule has 0 amide bonds. The summed E-state index contributed by atoms with van der Waals surface area (Å²) in [5.41, 5.74) is 2.65. The molecule has 2 aromatic rings. The molecule has 0 saturated carbocycles. The van der Waals surface area contributed by atoms with Crippen LogP contribution in [-0.2, 0) is 11.1 Å². The van der Waals surface area contributed by atoms with Crippen LogP contribution in [0.1, 0.15) is 6.92 Å². The molecule has 2 rings (SSSR count). The highest BCUT2D eigenvalue weighted by Gasteiger charge is 2.27. The normalized spacial score (nSPS) is 15.4. The molecule has 0 N–H and O–H groups in total. The molecular formula is C12H18N3OP. The minimum Gasteiger partial charge on any atom is -0.321 e. The first kappa shape index (κ1) is 12.3. The molecule has 1 atom stereocenters. The van der Waals surface area contributed by atoms with E-state index in [9.17, 15) is 4.57 Å². The van der Waals surface area contributed by atoms with E-state index in [0.29, 0.717) is 5.57 Å². The Morgan fingerprint density at radius 2 is 2.00 bits per heavy atom. The lowest BCUT2D eigenvalue weighted by Gasteiger charge is -2.20. The standard InChI is InChI=1S/C12H18N3OP/c1-5-15-11-9-7-6-8-10(11)13-12(15)17(4,16)14(2)3/h6-9H,5H2,1-4H3. The Labute approximate surface area is 102 Å². The molecule has 0 bridgehead atoms. The molecule has 1 aromatic heterocycles. The molecule has 0 aliphatic heterocycles. The molecule has 5 heteroatoms. The summed E-state index contributed by atoms with van der Waals surface area (Å²) in [6, 6.07) is 7.91. The zero-order chi connectivity index (χ0) is 12.6. The van der Waals surface area contributed by atoms with Gasteiger partial charge >= 0.3 is 0 Å². The molecule has 0 saturated heterocycles. The molecule has 0 radical (unpaired) electrons. The van der Waals surface area contributed by atoms with Gasteiger partial charge in [-0.05, 0) is 33.2 Å². The zero-order valence-electron chi connectivity index (χ0n) is 10.7. The lowest BCUT2D eigenvalue weighted by molar-refractivity contribution is 0.526. The summed E-state index contributed by atoms with van der Waals surface area (Å²) in [6.07, 6.45) is 0. The fourth-order valence-corrected chi connectivity index (χ4v) is 3.22. The maximum atomic E-state index is 12.7. The van der Waals surface area contributed by atoms with Crippen molar-refractivity contribution in [3.63, 3.8) is 0 Å². The van der Waals surface area contributed by atoms with Crippen LogP contribution in [0, 0.1) is 0 Å². The van der Waals surface area contributed by atoms with Gasteiger partial charge in [-0.2, -0.15) is 0 Å². The van der Waals surface area contributed by atoms with E-state index in [2.05, 4.69) is 4.98 Å². The number of nitrogens with zero attached hydrogens (tertiary/aromatic N) is 3. The summed E-state index contributed by atoms with van der Waals surface area (Å²) in [7, 11) is 1.11. The van der Waals surface area contributed by atoms with Gasteiger partial charge < -0.3 is 4.57 Å². The first-order valence-electron chi connectivity index (χ1n) is 5.69. The highest BCUT2D eigenvalue weighted by molar-refractivity contribution is 7.68. The monoisotopic (exact) mass is 251 g/mol. The van der Waals surface area contributed by atoms with Crippen molar-refractivity contribution in [2.24, 2.45) is 0 Å². The van der Waals surface area contributed by atoms with Gasteiger partial charge in [-0.25, -0.2) is 4.98 Å². The third-order valence-corrected chi connectivity index (χ3v) is 5.70. The van der Waals surface area contributed by atoms with Crippen molar-refractivity contribution in [2.45, 2.75) is 13.5 Å². The highest BCUT2D eigenvalue weighted by atomic mass is 31.2. The molecule has 0 fully saturated rings. The van der Waals surface area contributed by atoms with Crippen molar-refractivity contribution in [3.8, 4) is 0 Å². The number of benzene rings is 1. The second-order valence-corrected chi connectivity index (χ2v) is 7.33. The summed E-state index contributed by atoms with van der Waals surface area (Å²) < 4.78 is 16.5. The predicted molar refractivity (Wildman–Crippen MR) is 72.3 cm³/mol.